The fraction of sp³-hybridized carbons (Fsp3) is 0.278. The van der Waals surface area contributed by atoms with E-state index in [0.717, 1.165) is 24.6 Å². The first kappa shape index (κ1) is 36.7. The summed E-state index contributed by atoms with van der Waals surface area (Å²) >= 11 is 0. The summed E-state index contributed by atoms with van der Waals surface area (Å²) in [7, 11) is 0.389. The van der Waals surface area contributed by atoms with Crippen LogP contribution in [-0.2, 0) is 17.2 Å². The maximum Gasteiger partial charge on any atom is 3.00 e. The van der Waals surface area contributed by atoms with Gasteiger partial charge in [0.25, 0.3) is 0 Å². The Bertz CT molecular complexity index is 998. The van der Waals surface area contributed by atoms with Gasteiger partial charge in [0.15, 0.2) is 0 Å². The van der Waals surface area contributed by atoms with Gasteiger partial charge in [-0.25, -0.2) is 9.97 Å². The summed E-state index contributed by atoms with van der Waals surface area (Å²) in [5.41, 5.74) is 2.17. The van der Waals surface area contributed by atoms with Crippen LogP contribution >= 0.6 is 0 Å². The second kappa shape index (κ2) is 22.9. The summed E-state index contributed by atoms with van der Waals surface area (Å²) in [4.78, 5) is 32.2. The number of fused-ring (bicyclic) bond motifs is 1. The summed E-state index contributed by atoms with van der Waals surface area (Å²) in [5.74, 6) is -0.0609. The Kier molecular flexibility index (Phi) is 24.1. The van der Waals surface area contributed by atoms with E-state index in [4.69, 9.17) is 35.7 Å². The Labute approximate surface area is 235 Å². The Morgan fingerprint density at radius 3 is 2.11 bits per heavy atom. The summed E-state index contributed by atoms with van der Waals surface area (Å²) in [6.07, 6.45) is 9.26. The Hall–Kier alpha value is -2.83. The van der Waals surface area contributed by atoms with Crippen LogP contribution in [0.15, 0.2) is 47.8 Å². The molecule has 1 radical (unpaired) electrons. The first-order valence-corrected chi connectivity index (χ1v) is 10.9. The summed E-state index contributed by atoms with van der Waals surface area (Å²) in [6, 6.07) is 8.89. The number of nitrogens with one attached hydrogen (secondary N) is 1. The normalized spacial score (nSPS) is 9.06. The third-order valence-electron chi connectivity index (χ3n) is 2.98. The molecule has 1 aromatic carbocycles. The molecule has 15 nitrogen and oxygen atoms in total. The number of aliphatic imine (C=N–C) groups is 1. The van der Waals surface area contributed by atoms with Crippen LogP contribution in [0, 0.1) is 71.5 Å². The number of aromatic nitrogens is 3. The fourth-order valence-electron chi connectivity index (χ4n) is 1.97. The predicted octanol–water partition coefficient (Wildman–Crippen LogP) is 0.818. The second-order valence-corrected chi connectivity index (χ2v) is 7.08. The molecule has 3 aromatic rings. The van der Waals surface area contributed by atoms with E-state index in [-0.39, 0.29) is 46.6 Å². The molecule has 0 aliphatic carbocycles. The Balaban J connectivity index is -0.000000572. The maximum absolute atomic E-state index is 11.7. The first-order valence-electron chi connectivity index (χ1n) is 8.90. The van der Waals surface area contributed by atoms with Gasteiger partial charge in [-0.2, -0.15) is 0 Å². The van der Waals surface area contributed by atoms with Gasteiger partial charge >= 0.3 is 40.8 Å². The summed E-state index contributed by atoms with van der Waals surface area (Å²) < 4.78 is 9.56. The second-order valence-electron chi connectivity index (χ2n) is 5.60. The van der Waals surface area contributed by atoms with Crippen LogP contribution in [-0.4, -0.2) is 66.8 Å². The summed E-state index contributed by atoms with van der Waals surface area (Å²) in [6.45, 7) is 0.642. The number of rotatable bonds is 4. The molecule has 0 atom stereocenters. The largest absolute Gasteiger partial charge is 3.00 e. The molecule has 3 rings (SSSR count). The van der Waals surface area contributed by atoms with Crippen LogP contribution in [0.25, 0.3) is 10.9 Å². The number of imidazole rings is 1. The minimum Gasteiger partial charge on any atom is -0.871 e. The molecule has 17 heteroatoms. The van der Waals surface area contributed by atoms with E-state index in [9.17, 15) is 9.32 Å². The standard InChI is InChI=1S/C15H14N4O.C2H6OS.CH4O.2NO3.Nd/c20-14-3-1-2-11-4-5-13(19-15(11)14)9-16-7-6-12-8-17-10-18-12;1-4(2)3;1-2;2*2-1(3)4;/h1-5,8-10,20H,6-7H2,(H,17,18);1-2H3;2H,1H3;;;/q;;;2*-1;+3/p-1. The number of hydrogen-bond donors (Lipinski definition) is 2. The van der Waals surface area contributed by atoms with E-state index in [1.807, 2.05) is 24.4 Å². The molecule has 0 aliphatic rings. The maximum atomic E-state index is 11.7. The molecule has 0 saturated heterocycles. The average Bonchev–Trinajstić information content (AvgIpc) is 3.26. The Morgan fingerprint density at radius 2 is 1.63 bits per heavy atom. The van der Waals surface area contributed by atoms with Crippen LogP contribution in [0.4, 0.5) is 0 Å². The molecule has 0 bridgehead atoms. The molecule has 0 spiro atoms. The van der Waals surface area contributed by atoms with Crippen molar-refractivity contribution in [3.05, 3.63) is 84.9 Å². The Morgan fingerprint density at radius 1 is 1.09 bits per heavy atom. The van der Waals surface area contributed by atoms with E-state index >= 15 is 0 Å². The first-order chi connectivity index (χ1) is 16.0. The molecular formula is C18H23N6NdO9S. The van der Waals surface area contributed by atoms with Crippen molar-refractivity contribution >= 4 is 27.9 Å². The van der Waals surface area contributed by atoms with E-state index in [1.165, 1.54) is 6.07 Å². The molecule has 189 valence electrons. The average molecular weight is 644 g/mol. The topological polar surface area (TPSA) is 247 Å². The van der Waals surface area contributed by atoms with Crippen molar-refractivity contribution in [3.63, 3.8) is 0 Å². The van der Waals surface area contributed by atoms with E-state index in [2.05, 4.69) is 19.9 Å². The predicted molar refractivity (Wildman–Crippen MR) is 125 cm³/mol. The monoisotopic (exact) mass is 641 g/mol. The van der Waals surface area contributed by atoms with Crippen molar-refractivity contribution < 1.29 is 65.4 Å². The molecule has 0 aliphatic heterocycles. The third-order valence-corrected chi connectivity index (χ3v) is 2.98. The van der Waals surface area contributed by atoms with Crippen molar-refractivity contribution in [1.82, 2.24) is 15.0 Å². The van der Waals surface area contributed by atoms with Gasteiger partial charge in [-0.15, -0.1) is 0 Å². The number of para-hydroxylation sites is 1. The van der Waals surface area contributed by atoms with Gasteiger partial charge in [0.05, 0.1) is 33.4 Å². The van der Waals surface area contributed by atoms with E-state index < -0.39 is 21.0 Å². The third kappa shape index (κ3) is 22.7. The number of H-pyrrole nitrogens is 1. The summed E-state index contributed by atoms with van der Waals surface area (Å²) in [5, 5.41) is 49.1. The van der Waals surface area contributed by atoms with Gasteiger partial charge in [-0.3, -0.25) is 9.20 Å². The number of pyridine rings is 1. The number of aliphatic hydroxyl groups is 1. The number of aliphatic hydroxyl groups excluding tert-OH is 1. The van der Waals surface area contributed by atoms with Crippen molar-refractivity contribution in [2.75, 3.05) is 26.2 Å². The zero-order valence-electron chi connectivity index (χ0n) is 18.9. The molecule has 0 amide bonds. The van der Waals surface area contributed by atoms with Gasteiger partial charge in [-0.1, -0.05) is 30.0 Å². The zero-order valence-corrected chi connectivity index (χ0v) is 22.9. The van der Waals surface area contributed by atoms with Crippen LogP contribution in [0.3, 0.4) is 0 Å². The van der Waals surface area contributed by atoms with Crippen molar-refractivity contribution in [2.45, 2.75) is 6.42 Å². The van der Waals surface area contributed by atoms with Crippen molar-refractivity contribution in [1.29, 1.82) is 0 Å². The van der Waals surface area contributed by atoms with Crippen molar-refractivity contribution in [2.24, 2.45) is 4.99 Å². The van der Waals surface area contributed by atoms with E-state index in [0.29, 0.717) is 17.8 Å². The SMILES string of the molecule is CO.CS(C)=O.O=[N+]([O-])[O-].O=[N+]([O-])[O-].[Nd+3].[O-]c1cccc2ccc(C=NCCc3c[nH]cn3)nc12. The number of aromatic amines is 1. The van der Waals surface area contributed by atoms with E-state index in [1.54, 1.807) is 31.1 Å². The van der Waals surface area contributed by atoms with Crippen molar-refractivity contribution in [3.8, 4) is 5.75 Å². The smallest absolute Gasteiger partial charge is 0.871 e. The molecular weight excluding hydrogens is 621 g/mol. The zero-order chi connectivity index (χ0) is 26.5. The fourth-order valence-corrected chi connectivity index (χ4v) is 1.97. The van der Waals surface area contributed by atoms with Gasteiger partial charge in [0.2, 0.25) is 0 Å². The van der Waals surface area contributed by atoms with Crippen LogP contribution in [0.2, 0.25) is 0 Å². The van der Waals surface area contributed by atoms with Crippen LogP contribution in [0.1, 0.15) is 11.4 Å². The van der Waals surface area contributed by atoms with Gasteiger partial charge < -0.3 is 45.8 Å². The number of hydrogen-bond acceptors (Lipinski definition) is 12. The van der Waals surface area contributed by atoms with Gasteiger partial charge in [0.1, 0.15) is 0 Å². The quantitative estimate of drug-likeness (QED) is 0.229. The van der Waals surface area contributed by atoms with Crippen LogP contribution < -0.4 is 5.11 Å². The van der Waals surface area contributed by atoms with Gasteiger partial charge in [-0.05, 0) is 11.5 Å². The molecule has 2 heterocycles. The molecule has 0 saturated carbocycles. The van der Waals surface area contributed by atoms with Gasteiger partial charge in [0, 0.05) is 55.8 Å². The number of nitrogens with zero attached hydrogens (tertiary/aromatic N) is 5. The number of benzene rings is 1. The minimum atomic E-state index is -1.75. The molecule has 0 unspecified atom stereocenters. The minimum absolute atomic E-state index is 0. The van der Waals surface area contributed by atoms with Crippen LogP contribution in [0.5, 0.6) is 5.75 Å². The molecule has 35 heavy (non-hydrogen) atoms. The molecule has 2 N–H and O–H groups in total. The molecule has 0 fully saturated rings. The molecule has 2 aromatic heterocycles.